The third-order valence-electron chi connectivity index (χ3n) is 2.49. The van der Waals surface area contributed by atoms with Crippen LogP contribution < -0.4 is 9.47 Å². The smallest absolute Gasteiger partial charge is 0.341 e. The number of benzene rings is 1. The molecule has 0 aliphatic heterocycles. The fraction of sp³-hybridized carbons (Fsp3) is 0.417. The topological polar surface area (TPSA) is 108 Å². The summed E-state index contributed by atoms with van der Waals surface area (Å²) in [6, 6.07) is 3.76. The van der Waals surface area contributed by atoms with E-state index in [1.807, 2.05) is 0 Å². The van der Waals surface area contributed by atoms with Gasteiger partial charge in [0, 0.05) is 6.07 Å². The number of hydrogen-bond acceptors (Lipinski definition) is 7. The summed E-state index contributed by atoms with van der Waals surface area (Å²) in [5, 5.41) is 20.5. The van der Waals surface area contributed by atoms with Crippen LogP contribution in [0, 0.1) is 10.1 Å². The van der Waals surface area contributed by atoms with E-state index >= 15 is 0 Å². The van der Waals surface area contributed by atoms with E-state index in [0.717, 1.165) is 13.2 Å². The molecule has 0 heterocycles. The fourth-order valence-electron chi connectivity index (χ4n) is 1.39. The van der Waals surface area contributed by atoms with Crippen molar-refractivity contribution >= 4 is 11.7 Å². The molecule has 1 atom stereocenters. The molecule has 0 amide bonds. The molecule has 0 fully saturated rings. The van der Waals surface area contributed by atoms with E-state index in [0.29, 0.717) is 0 Å². The summed E-state index contributed by atoms with van der Waals surface area (Å²) in [6.45, 7) is 0.778. The van der Waals surface area contributed by atoms with Gasteiger partial charge in [-0.25, -0.2) is 4.79 Å². The van der Waals surface area contributed by atoms with Crippen LogP contribution in [0.1, 0.15) is 6.92 Å². The summed E-state index contributed by atoms with van der Waals surface area (Å²) < 4.78 is 14.6. The van der Waals surface area contributed by atoms with Gasteiger partial charge in [0.2, 0.25) is 0 Å². The molecular weight excluding hydrogens is 270 g/mol. The van der Waals surface area contributed by atoms with E-state index in [4.69, 9.17) is 9.47 Å². The predicted octanol–water partition coefficient (Wildman–Crippen LogP) is 0.906. The Hall–Kier alpha value is -2.35. The van der Waals surface area contributed by atoms with Gasteiger partial charge in [0.05, 0.1) is 25.2 Å². The van der Waals surface area contributed by atoms with Gasteiger partial charge in [0.25, 0.3) is 5.69 Å². The van der Waals surface area contributed by atoms with E-state index < -0.39 is 23.1 Å². The molecule has 0 aromatic heterocycles. The third kappa shape index (κ3) is 3.58. The van der Waals surface area contributed by atoms with Crippen molar-refractivity contribution in [2.24, 2.45) is 0 Å². The van der Waals surface area contributed by atoms with Gasteiger partial charge in [-0.1, -0.05) is 0 Å². The first-order chi connectivity index (χ1) is 9.31. The molecule has 8 heteroatoms. The highest BCUT2D eigenvalue weighted by atomic mass is 16.6. The summed E-state index contributed by atoms with van der Waals surface area (Å²) in [5.74, 6) is -0.580. The minimum atomic E-state index is -1.87. The number of esters is 1. The minimum Gasteiger partial charge on any atom is -0.493 e. The number of aliphatic hydroxyl groups is 1. The molecule has 1 aromatic carbocycles. The molecule has 1 N–H and O–H groups in total. The molecule has 0 radical (unpaired) electrons. The Morgan fingerprint density at radius 2 is 2.05 bits per heavy atom. The van der Waals surface area contributed by atoms with Crippen LogP contribution in [0.2, 0.25) is 0 Å². The summed E-state index contributed by atoms with van der Waals surface area (Å²) in [6.07, 6.45) is 0. The molecule has 0 spiro atoms. The molecule has 20 heavy (non-hydrogen) atoms. The summed E-state index contributed by atoms with van der Waals surface area (Å²) >= 11 is 0. The lowest BCUT2D eigenvalue weighted by atomic mass is 10.1. The van der Waals surface area contributed by atoms with E-state index in [-0.39, 0.29) is 17.2 Å². The largest absolute Gasteiger partial charge is 0.493 e. The lowest BCUT2D eigenvalue weighted by Crippen LogP contribution is -2.42. The number of carbonyl (C=O) groups excluding carboxylic acids is 1. The second-order valence-corrected chi connectivity index (χ2v) is 4.15. The fourth-order valence-corrected chi connectivity index (χ4v) is 1.39. The average Bonchev–Trinajstić information content (AvgIpc) is 2.43. The molecule has 1 rings (SSSR count). The van der Waals surface area contributed by atoms with Gasteiger partial charge in [-0.3, -0.25) is 10.1 Å². The van der Waals surface area contributed by atoms with Crippen LogP contribution in [0.25, 0.3) is 0 Å². The SMILES string of the molecule is COC(=O)C(C)(O)COc1cc([N+](=O)[O-])ccc1OC. The molecule has 110 valence electrons. The van der Waals surface area contributed by atoms with Crippen LogP contribution in [0.15, 0.2) is 18.2 Å². The van der Waals surface area contributed by atoms with E-state index in [1.165, 1.54) is 26.2 Å². The maximum Gasteiger partial charge on any atom is 0.341 e. The van der Waals surface area contributed by atoms with Crippen LogP contribution in [-0.2, 0) is 9.53 Å². The second kappa shape index (κ2) is 6.20. The number of non-ortho nitro benzene ring substituents is 1. The van der Waals surface area contributed by atoms with E-state index in [9.17, 15) is 20.0 Å². The van der Waals surface area contributed by atoms with Crippen LogP contribution in [0.4, 0.5) is 5.69 Å². The molecular formula is C12H15NO7. The molecule has 1 unspecified atom stereocenters. The van der Waals surface area contributed by atoms with Crippen molar-refractivity contribution in [1.29, 1.82) is 0 Å². The molecule has 0 saturated heterocycles. The lowest BCUT2D eigenvalue weighted by molar-refractivity contribution is -0.385. The summed E-state index contributed by atoms with van der Waals surface area (Å²) in [5.41, 5.74) is -2.07. The predicted molar refractivity (Wildman–Crippen MR) is 67.8 cm³/mol. The number of nitrogens with zero attached hydrogens (tertiary/aromatic N) is 1. The summed E-state index contributed by atoms with van der Waals surface area (Å²) in [7, 11) is 2.50. The quantitative estimate of drug-likeness (QED) is 0.470. The Morgan fingerprint density at radius 3 is 2.55 bits per heavy atom. The molecule has 0 bridgehead atoms. The van der Waals surface area contributed by atoms with Gasteiger partial charge in [-0.05, 0) is 13.0 Å². The zero-order chi connectivity index (χ0) is 15.3. The van der Waals surface area contributed by atoms with Crippen molar-refractivity contribution in [2.45, 2.75) is 12.5 Å². The zero-order valence-electron chi connectivity index (χ0n) is 11.3. The maximum atomic E-state index is 11.3. The Bertz CT molecular complexity index is 513. The van der Waals surface area contributed by atoms with Gasteiger partial charge >= 0.3 is 5.97 Å². The van der Waals surface area contributed by atoms with Crippen LogP contribution >= 0.6 is 0 Å². The third-order valence-corrected chi connectivity index (χ3v) is 2.49. The van der Waals surface area contributed by atoms with Crippen LogP contribution in [0.5, 0.6) is 11.5 Å². The maximum absolute atomic E-state index is 11.3. The highest BCUT2D eigenvalue weighted by Crippen LogP contribution is 2.31. The van der Waals surface area contributed by atoms with Gasteiger partial charge in [-0.2, -0.15) is 0 Å². The molecule has 0 saturated carbocycles. The Labute approximate surface area is 115 Å². The molecule has 0 aliphatic carbocycles. The van der Waals surface area contributed by atoms with Crippen molar-refractivity contribution in [1.82, 2.24) is 0 Å². The monoisotopic (exact) mass is 285 g/mol. The lowest BCUT2D eigenvalue weighted by Gasteiger charge is -2.21. The van der Waals surface area contributed by atoms with Gasteiger partial charge in [0.15, 0.2) is 17.1 Å². The van der Waals surface area contributed by atoms with Crippen molar-refractivity contribution in [3.8, 4) is 11.5 Å². The standard InChI is InChI=1S/C12H15NO7/c1-12(15,11(14)19-3)7-20-10-6-8(13(16)17)4-5-9(10)18-2/h4-6,15H,7H2,1-3H3. The number of methoxy groups -OCH3 is 2. The number of hydrogen-bond donors (Lipinski definition) is 1. The first-order valence-corrected chi connectivity index (χ1v) is 5.58. The highest BCUT2D eigenvalue weighted by molar-refractivity contribution is 5.78. The average molecular weight is 285 g/mol. The number of carbonyl (C=O) groups is 1. The van der Waals surface area contributed by atoms with Gasteiger partial charge in [-0.15, -0.1) is 0 Å². The van der Waals surface area contributed by atoms with Crippen molar-refractivity contribution in [3.63, 3.8) is 0 Å². The first-order valence-electron chi connectivity index (χ1n) is 5.58. The number of rotatable bonds is 6. The van der Waals surface area contributed by atoms with Crippen molar-refractivity contribution in [2.75, 3.05) is 20.8 Å². The number of nitro benzene ring substituents is 1. The summed E-state index contributed by atoms with van der Waals surface area (Å²) in [4.78, 5) is 21.4. The van der Waals surface area contributed by atoms with Gasteiger partial charge in [0.1, 0.15) is 6.61 Å². The van der Waals surface area contributed by atoms with Crippen LogP contribution in [0.3, 0.4) is 0 Å². The van der Waals surface area contributed by atoms with Gasteiger partial charge < -0.3 is 19.3 Å². The highest BCUT2D eigenvalue weighted by Gasteiger charge is 2.33. The molecule has 1 aromatic rings. The van der Waals surface area contributed by atoms with E-state index in [2.05, 4.69) is 4.74 Å². The Balaban J connectivity index is 2.93. The van der Waals surface area contributed by atoms with E-state index in [1.54, 1.807) is 0 Å². The number of nitro groups is 1. The minimum absolute atomic E-state index is 0.0471. The Kier molecular flexibility index (Phi) is 4.87. The molecule has 0 aliphatic rings. The van der Waals surface area contributed by atoms with Crippen molar-refractivity contribution < 1.29 is 29.0 Å². The second-order valence-electron chi connectivity index (χ2n) is 4.15. The first kappa shape index (κ1) is 15.7. The normalized spacial score (nSPS) is 13.2. The van der Waals surface area contributed by atoms with Crippen molar-refractivity contribution in [3.05, 3.63) is 28.3 Å². The zero-order valence-corrected chi connectivity index (χ0v) is 11.3. The molecule has 8 nitrogen and oxygen atoms in total. The Morgan fingerprint density at radius 1 is 1.40 bits per heavy atom. The van der Waals surface area contributed by atoms with Crippen LogP contribution in [-0.4, -0.2) is 42.4 Å². The number of ether oxygens (including phenoxy) is 3.